The predicted molar refractivity (Wildman–Crippen MR) is 136 cm³/mol. The molecule has 1 saturated carbocycles. The zero-order valence-corrected chi connectivity index (χ0v) is 21.1. The normalized spacial score (nSPS) is 20.1. The molecule has 0 amide bonds. The Balaban J connectivity index is 1.60. The minimum Gasteiger partial charge on any atom is -0.503 e. The summed E-state index contributed by atoms with van der Waals surface area (Å²) in [6.45, 7) is 2.22. The van der Waals surface area contributed by atoms with Crippen LogP contribution >= 0.6 is 15.9 Å². The maximum Gasteiger partial charge on any atom is 0.244 e. The highest BCUT2D eigenvalue weighted by atomic mass is 79.9. The summed E-state index contributed by atoms with van der Waals surface area (Å²) in [5.74, 6) is -0.324. The number of aromatic hydroxyl groups is 1. The first-order chi connectivity index (χ1) is 17.0. The van der Waals surface area contributed by atoms with E-state index >= 15 is 0 Å². The fraction of sp³-hybridized carbons (Fsp3) is 0.370. The van der Waals surface area contributed by atoms with Gasteiger partial charge < -0.3 is 14.6 Å². The minimum absolute atomic E-state index is 0.00261. The van der Waals surface area contributed by atoms with Gasteiger partial charge in [-0.1, -0.05) is 43.5 Å². The van der Waals surface area contributed by atoms with Gasteiger partial charge in [-0.15, -0.1) is 5.10 Å². The van der Waals surface area contributed by atoms with E-state index in [2.05, 4.69) is 56.5 Å². The molecule has 3 aromatic rings. The molecule has 2 atom stereocenters. The molecule has 1 fully saturated rings. The van der Waals surface area contributed by atoms with Crippen molar-refractivity contribution >= 4 is 21.8 Å². The molecule has 0 saturated heterocycles. The van der Waals surface area contributed by atoms with Gasteiger partial charge in [-0.2, -0.15) is 5.26 Å². The fourth-order valence-electron chi connectivity index (χ4n) is 5.30. The van der Waals surface area contributed by atoms with Crippen LogP contribution in [0.5, 0.6) is 17.4 Å². The molecule has 0 bridgehead atoms. The zero-order chi connectivity index (χ0) is 24.5. The summed E-state index contributed by atoms with van der Waals surface area (Å²) in [5, 5.41) is 36.2. The van der Waals surface area contributed by atoms with Gasteiger partial charge in [-0.05, 0) is 70.4 Å². The third kappa shape index (κ3) is 4.30. The quantitative estimate of drug-likeness (QED) is 0.339. The Kier molecular flexibility index (Phi) is 6.52. The summed E-state index contributed by atoms with van der Waals surface area (Å²) in [7, 11) is 0. The Bertz CT molecular complexity index is 1290. The summed E-state index contributed by atoms with van der Waals surface area (Å²) in [5.41, 5.74) is 4.50. The van der Waals surface area contributed by atoms with Crippen molar-refractivity contribution in [3.8, 4) is 34.7 Å². The van der Waals surface area contributed by atoms with Crippen LogP contribution in [0.3, 0.4) is 0 Å². The monoisotopic (exact) mass is 534 g/mol. The summed E-state index contributed by atoms with van der Waals surface area (Å²) in [4.78, 5) is 0. The highest BCUT2D eigenvalue weighted by Crippen LogP contribution is 2.48. The molecular formula is C27H27BrN4O3. The molecule has 35 heavy (non-hydrogen) atoms. The third-order valence-electron chi connectivity index (χ3n) is 7.03. The molecule has 0 radical (unpaired) electrons. The molecule has 2 aliphatic rings. The van der Waals surface area contributed by atoms with E-state index in [1.165, 1.54) is 37.7 Å². The van der Waals surface area contributed by atoms with Gasteiger partial charge in [0.2, 0.25) is 11.8 Å². The molecule has 1 aliphatic heterocycles. The van der Waals surface area contributed by atoms with Crippen LogP contribution in [-0.2, 0) is 0 Å². The molecule has 1 aliphatic carbocycles. The maximum absolute atomic E-state index is 10.4. The Labute approximate surface area is 212 Å². The number of hydrogen-bond donors (Lipinski definition) is 3. The van der Waals surface area contributed by atoms with Crippen molar-refractivity contribution in [2.75, 3.05) is 6.61 Å². The minimum atomic E-state index is -0.855. The van der Waals surface area contributed by atoms with E-state index in [1.54, 1.807) is 12.1 Å². The molecule has 2 aromatic carbocycles. The van der Waals surface area contributed by atoms with E-state index in [0.29, 0.717) is 28.6 Å². The van der Waals surface area contributed by atoms with Crippen LogP contribution in [0.15, 0.2) is 40.9 Å². The average Bonchev–Trinajstić information content (AvgIpc) is 3.30. The number of aromatic amines is 1. The predicted octanol–water partition coefficient (Wildman–Crippen LogP) is 6.63. The molecule has 2 heterocycles. The molecule has 2 unspecified atom stereocenters. The molecule has 180 valence electrons. The van der Waals surface area contributed by atoms with Gasteiger partial charge >= 0.3 is 0 Å². The van der Waals surface area contributed by atoms with Gasteiger partial charge in [0.25, 0.3) is 0 Å². The van der Waals surface area contributed by atoms with Crippen LogP contribution in [0.25, 0.3) is 11.3 Å². The van der Waals surface area contributed by atoms with Crippen LogP contribution in [-0.4, -0.2) is 27.8 Å². The Hall–Kier alpha value is -3.31. The van der Waals surface area contributed by atoms with Crippen molar-refractivity contribution in [3.63, 3.8) is 0 Å². The number of aromatic nitrogens is 2. The lowest BCUT2D eigenvalue weighted by Crippen LogP contribution is -2.31. The maximum atomic E-state index is 10.4. The van der Waals surface area contributed by atoms with E-state index < -0.39 is 11.8 Å². The molecule has 3 N–H and O–H groups in total. The SMILES string of the molecule is CCOc1cc(C2c3c(n[nH]c3-c3ccc(C4CCCCC4)cc3)OC(=N)C2C#N)cc(Br)c1O. The van der Waals surface area contributed by atoms with Gasteiger partial charge in [0, 0.05) is 5.92 Å². The van der Waals surface area contributed by atoms with Crippen LogP contribution in [0.1, 0.15) is 67.6 Å². The van der Waals surface area contributed by atoms with Crippen LogP contribution in [0.4, 0.5) is 0 Å². The second-order valence-corrected chi connectivity index (χ2v) is 9.96. The van der Waals surface area contributed by atoms with Crippen molar-refractivity contribution in [1.82, 2.24) is 10.2 Å². The molecule has 5 rings (SSSR count). The van der Waals surface area contributed by atoms with E-state index in [4.69, 9.17) is 14.9 Å². The Morgan fingerprint density at radius 3 is 2.63 bits per heavy atom. The van der Waals surface area contributed by atoms with E-state index in [1.807, 2.05) is 6.92 Å². The highest BCUT2D eigenvalue weighted by molar-refractivity contribution is 9.10. The number of H-pyrrole nitrogens is 1. The van der Waals surface area contributed by atoms with E-state index in [-0.39, 0.29) is 11.6 Å². The number of fused-ring (bicyclic) bond motifs is 1. The van der Waals surface area contributed by atoms with Crippen LogP contribution in [0.2, 0.25) is 0 Å². The molecule has 8 heteroatoms. The first kappa shape index (κ1) is 23.4. The van der Waals surface area contributed by atoms with Gasteiger partial charge in [-0.25, -0.2) is 0 Å². The Morgan fingerprint density at radius 1 is 1.20 bits per heavy atom. The topological polar surface area (TPSA) is 115 Å². The van der Waals surface area contributed by atoms with Crippen molar-refractivity contribution in [3.05, 3.63) is 57.6 Å². The Morgan fingerprint density at radius 2 is 1.94 bits per heavy atom. The number of phenols is 1. The number of ether oxygens (including phenoxy) is 2. The van der Waals surface area contributed by atoms with E-state index in [9.17, 15) is 10.4 Å². The standard InChI is InChI=1S/C27H27BrN4O3/c1-2-34-21-13-18(12-20(28)25(21)33)22-19(14-29)26(30)35-27-23(22)24(31-32-27)17-10-8-16(9-11-17)15-6-4-3-5-7-15/h8-13,15,19,22,30,33H,2-7H2,1H3,(H,31,32). The van der Waals surface area contributed by atoms with E-state index in [0.717, 1.165) is 22.4 Å². The summed E-state index contributed by atoms with van der Waals surface area (Å²) in [6.07, 6.45) is 6.36. The number of nitrogens with one attached hydrogen (secondary N) is 2. The lowest BCUT2D eigenvalue weighted by atomic mass is 9.78. The lowest BCUT2D eigenvalue weighted by molar-refractivity contribution is 0.316. The van der Waals surface area contributed by atoms with Gasteiger partial charge in [0.05, 0.1) is 28.4 Å². The number of nitriles is 1. The summed E-state index contributed by atoms with van der Waals surface area (Å²) < 4.78 is 11.7. The summed E-state index contributed by atoms with van der Waals surface area (Å²) >= 11 is 3.41. The third-order valence-corrected chi connectivity index (χ3v) is 7.63. The molecule has 7 nitrogen and oxygen atoms in total. The largest absolute Gasteiger partial charge is 0.503 e. The van der Waals surface area contributed by atoms with Crippen molar-refractivity contribution in [1.29, 1.82) is 10.7 Å². The average molecular weight is 535 g/mol. The van der Waals surface area contributed by atoms with Crippen LogP contribution < -0.4 is 9.47 Å². The number of hydrogen-bond acceptors (Lipinski definition) is 6. The molecule has 0 spiro atoms. The number of rotatable bonds is 5. The second-order valence-electron chi connectivity index (χ2n) is 9.11. The molecule has 1 aromatic heterocycles. The van der Waals surface area contributed by atoms with Crippen molar-refractivity contribution in [2.24, 2.45) is 5.92 Å². The smallest absolute Gasteiger partial charge is 0.244 e. The number of phenolic OH excluding ortho intramolecular Hbond substituents is 1. The van der Waals surface area contributed by atoms with Crippen molar-refractivity contribution < 1.29 is 14.6 Å². The first-order valence-corrected chi connectivity index (χ1v) is 12.8. The van der Waals surface area contributed by atoms with Gasteiger partial charge in [0.15, 0.2) is 11.5 Å². The summed E-state index contributed by atoms with van der Waals surface area (Å²) in [6, 6.07) is 14.3. The fourth-order valence-corrected chi connectivity index (χ4v) is 5.75. The lowest BCUT2D eigenvalue weighted by Gasteiger charge is -2.29. The molecular weight excluding hydrogens is 508 g/mol. The number of benzene rings is 2. The second kappa shape index (κ2) is 9.74. The first-order valence-electron chi connectivity index (χ1n) is 12.0. The van der Waals surface area contributed by atoms with Crippen molar-refractivity contribution in [2.45, 2.75) is 50.9 Å². The van der Waals surface area contributed by atoms with Gasteiger partial charge in [0.1, 0.15) is 5.92 Å². The number of halogens is 1. The highest BCUT2D eigenvalue weighted by Gasteiger charge is 2.41. The zero-order valence-electron chi connectivity index (χ0n) is 19.5. The van der Waals surface area contributed by atoms with Crippen LogP contribution in [0, 0.1) is 22.7 Å². The number of nitrogens with zero attached hydrogens (tertiary/aromatic N) is 2. The van der Waals surface area contributed by atoms with Gasteiger partial charge in [-0.3, -0.25) is 10.5 Å².